The molecule has 5 nitrogen and oxygen atoms in total. The summed E-state index contributed by atoms with van der Waals surface area (Å²) >= 11 is 5.88. The molecule has 1 amide bonds. The molecule has 1 fully saturated rings. The minimum atomic E-state index is 0.0173. The Kier molecular flexibility index (Phi) is 5.99. The maximum Gasteiger partial charge on any atom is 0.260 e. The van der Waals surface area contributed by atoms with E-state index in [9.17, 15) is 4.79 Å². The van der Waals surface area contributed by atoms with Crippen molar-refractivity contribution in [1.29, 1.82) is 0 Å². The molecule has 0 N–H and O–H groups in total. The lowest BCUT2D eigenvalue weighted by Crippen LogP contribution is -2.50. The van der Waals surface area contributed by atoms with E-state index in [0.29, 0.717) is 24.0 Å². The molecule has 3 rings (SSSR count). The van der Waals surface area contributed by atoms with E-state index < -0.39 is 0 Å². The number of anilines is 1. The van der Waals surface area contributed by atoms with E-state index in [1.54, 1.807) is 6.20 Å². The van der Waals surface area contributed by atoms with Gasteiger partial charge in [0.2, 0.25) is 0 Å². The number of aromatic nitrogens is 1. The number of carbonyl (C=O) groups is 1. The summed E-state index contributed by atoms with van der Waals surface area (Å²) in [4.78, 5) is 20.8. The third-order valence-corrected chi connectivity index (χ3v) is 4.78. The topological polar surface area (TPSA) is 45.7 Å². The molecule has 0 atom stereocenters. The van der Waals surface area contributed by atoms with Crippen molar-refractivity contribution in [2.45, 2.75) is 19.8 Å². The summed E-state index contributed by atoms with van der Waals surface area (Å²) in [6.45, 7) is 7.18. The van der Waals surface area contributed by atoms with Crippen molar-refractivity contribution in [1.82, 2.24) is 9.88 Å². The van der Waals surface area contributed by atoms with Crippen molar-refractivity contribution in [2.24, 2.45) is 0 Å². The lowest BCUT2D eigenvalue weighted by molar-refractivity contribution is -0.133. The number of benzene rings is 1. The quantitative estimate of drug-likeness (QED) is 0.803. The van der Waals surface area contributed by atoms with Gasteiger partial charge in [-0.2, -0.15) is 0 Å². The van der Waals surface area contributed by atoms with Gasteiger partial charge in [-0.25, -0.2) is 4.98 Å². The average Bonchev–Trinajstić information content (AvgIpc) is 2.67. The molecular formula is C20H24ClN3O2. The molecule has 1 aliphatic rings. The summed E-state index contributed by atoms with van der Waals surface area (Å²) in [6, 6.07) is 11.7. The number of halogens is 1. The van der Waals surface area contributed by atoms with Crippen LogP contribution in [0.2, 0.25) is 5.02 Å². The van der Waals surface area contributed by atoms with Crippen molar-refractivity contribution in [3.8, 4) is 5.75 Å². The van der Waals surface area contributed by atoms with Gasteiger partial charge in [-0.3, -0.25) is 4.79 Å². The van der Waals surface area contributed by atoms with Crippen molar-refractivity contribution >= 4 is 23.3 Å². The van der Waals surface area contributed by atoms with Crippen LogP contribution in [0.3, 0.4) is 0 Å². The molecule has 26 heavy (non-hydrogen) atoms. The zero-order valence-electron chi connectivity index (χ0n) is 15.2. The standard InChI is InChI=1S/C20H24ClN3O2/c1-15(2)16-4-3-5-18(12-16)26-14-20(25)24-10-8-23(9-11-24)19-7-6-17(21)13-22-19/h3-7,12-13,15H,8-11,14H2,1-2H3. The van der Waals surface area contributed by atoms with Crippen LogP contribution in [0, 0.1) is 0 Å². The SMILES string of the molecule is CC(C)c1cccc(OCC(=O)N2CCN(c3ccc(Cl)cn3)CC2)c1. The Balaban J connectivity index is 1.49. The smallest absolute Gasteiger partial charge is 0.260 e. The number of pyridine rings is 1. The maximum absolute atomic E-state index is 12.4. The van der Waals surface area contributed by atoms with Gasteiger partial charge < -0.3 is 14.5 Å². The van der Waals surface area contributed by atoms with Crippen LogP contribution in [0.1, 0.15) is 25.3 Å². The van der Waals surface area contributed by atoms with E-state index in [0.717, 1.165) is 24.7 Å². The molecule has 0 unspecified atom stereocenters. The van der Waals surface area contributed by atoms with Gasteiger partial charge in [0.05, 0.1) is 5.02 Å². The van der Waals surface area contributed by atoms with Crippen molar-refractivity contribution in [3.63, 3.8) is 0 Å². The lowest BCUT2D eigenvalue weighted by Gasteiger charge is -2.35. The fourth-order valence-electron chi connectivity index (χ4n) is 2.94. The molecule has 0 aliphatic carbocycles. The second-order valence-corrected chi connectivity index (χ2v) is 7.15. The summed E-state index contributed by atoms with van der Waals surface area (Å²) < 4.78 is 5.70. The molecule has 138 valence electrons. The Morgan fingerprint density at radius 1 is 1.19 bits per heavy atom. The highest BCUT2D eigenvalue weighted by atomic mass is 35.5. The van der Waals surface area contributed by atoms with Gasteiger partial charge in [-0.05, 0) is 35.7 Å². The highest BCUT2D eigenvalue weighted by Crippen LogP contribution is 2.20. The first kappa shape index (κ1) is 18.5. The third-order valence-electron chi connectivity index (χ3n) is 4.56. The fraction of sp³-hybridized carbons (Fsp3) is 0.400. The minimum Gasteiger partial charge on any atom is -0.484 e. The minimum absolute atomic E-state index is 0.0173. The van der Waals surface area contributed by atoms with Gasteiger partial charge in [0.15, 0.2) is 6.61 Å². The molecule has 1 saturated heterocycles. The first-order chi connectivity index (χ1) is 12.5. The third kappa shape index (κ3) is 4.67. The van der Waals surface area contributed by atoms with Crippen LogP contribution in [0.5, 0.6) is 5.75 Å². The van der Waals surface area contributed by atoms with E-state index in [1.807, 2.05) is 35.2 Å². The van der Waals surface area contributed by atoms with Crippen molar-refractivity contribution in [3.05, 3.63) is 53.2 Å². The molecule has 0 spiro atoms. The highest BCUT2D eigenvalue weighted by Gasteiger charge is 2.22. The van der Waals surface area contributed by atoms with E-state index in [4.69, 9.17) is 16.3 Å². The van der Waals surface area contributed by atoms with E-state index >= 15 is 0 Å². The molecule has 2 aromatic rings. The van der Waals surface area contributed by atoms with Gasteiger partial charge in [0, 0.05) is 32.4 Å². The van der Waals surface area contributed by atoms with Crippen molar-refractivity contribution in [2.75, 3.05) is 37.7 Å². The number of ether oxygens (including phenoxy) is 1. The van der Waals surface area contributed by atoms with Crippen LogP contribution in [-0.4, -0.2) is 48.6 Å². The number of nitrogens with zero attached hydrogens (tertiary/aromatic N) is 3. The van der Waals surface area contributed by atoms with Gasteiger partial charge in [0.25, 0.3) is 5.91 Å². The largest absolute Gasteiger partial charge is 0.484 e. The molecule has 0 saturated carbocycles. The maximum atomic E-state index is 12.4. The summed E-state index contributed by atoms with van der Waals surface area (Å²) in [5, 5.41) is 0.626. The number of carbonyl (C=O) groups excluding carboxylic acids is 1. The summed E-state index contributed by atoms with van der Waals surface area (Å²) in [5.74, 6) is 2.09. The lowest BCUT2D eigenvalue weighted by atomic mass is 10.0. The molecular weight excluding hydrogens is 350 g/mol. The molecule has 6 heteroatoms. The number of piperazine rings is 1. The number of hydrogen-bond donors (Lipinski definition) is 0. The molecule has 2 heterocycles. The van der Waals surface area contributed by atoms with Crippen molar-refractivity contribution < 1.29 is 9.53 Å². The fourth-order valence-corrected chi connectivity index (χ4v) is 3.05. The Morgan fingerprint density at radius 2 is 1.96 bits per heavy atom. The van der Waals surface area contributed by atoms with Crippen LogP contribution in [0.4, 0.5) is 5.82 Å². The van der Waals surface area contributed by atoms with Crippen LogP contribution in [-0.2, 0) is 4.79 Å². The second-order valence-electron chi connectivity index (χ2n) is 6.72. The normalized spacial score (nSPS) is 14.6. The number of amides is 1. The average molecular weight is 374 g/mol. The summed E-state index contributed by atoms with van der Waals surface area (Å²) in [7, 11) is 0. The monoisotopic (exact) mass is 373 g/mol. The Morgan fingerprint density at radius 3 is 2.62 bits per heavy atom. The van der Waals surface area contributed by atoms with Crippen LogP contribution < -0.4 is 9.64 Å². The molecule has 1 aliphatic heterocycles. The second kappa shape index (κ2) is 8.41. The predicted octanol–water partition coefficient (Wildman–Crippen LogP) is 3.59. The molecule has 1 aromatic carbocycles. The molecule has 0 bridgehead atoms. The first-order valence-electron chi connectivity index (χ1n) is 8.90. The number of rotatable bonds is 5. The Bertz CT molecular complexity index is 741. The van der Waals surface area contributed by atoms with Crippen LogP contribution in [0.25, 0.3) is 0 Å². The van der Waals surface area contributed by atoms with Gasteiger partial charge in [-0.15, -0.1) is 0 Å². The highest BCUT2D eigenvalue weighted by molar-refractivity contribution is 6.30. The predicted molar refractivity (Wildman–Crippen MR) is 104 cm³/mol. The van der Waals surface area contributed by atoms with Crippen LogP contribution >= 0.6 is 11.6 Å². The Labute approximate surface area is 159 Å². The van der Waals surface area contributed by atoms with E-state index in [2.05, 4.69) is 29.8 Å². The van der Waals surface area contributed by atoms with Gasteiger partial charge in [-0.1, -0.05) is 37.6 Å². The first-order valence-corrected chi connectivity index (χ1v) is 9.28. The molecule has 0 radical (unpaired) electrons. The number of hydrogen-bond acceptors (Lipinski definition) is 4. The molecule has 1 aromatic heterocycles. The Hall–Kier alpha value is -2.27. The zero-order valence-corrected chi connectivity index (χ0v) is 15.9. The van der Waals surface area contributed by atoms with Gasteiger partial charge in [0.1, 0.15) is 11.6 Å². The van der Waals surface area contributed by atoms with E-state index in [-0.39, 0.29) is 12.5 Å². The van der Waals surface area contributed by atoms with E-state index in [1.165, 1.54) is 5.56 Å². The zero-order chi connectivity index (χ0) is 18.5. The summed E-state index contributed by atoms with van der Waals surface area (Å²) in [6.07, 6.45) is 1.65. The van der Waals surface area contributed by atoms with Crippen LogP contribution in [0.15, 0.2) is 42.6 Å². The summed E-state index contributed by atoms with van der Waals surface area (Å²) in [5.41, 5.74) is 1.21. The van der Waals surface area contributed by atoms with Gasteiger partial charge >= 0.3 is 0 Å².